The Morgan fingerprint density at radius 1 is 1.46 bits per heavy atom. The molecule has 1 aliphatic rings. The van der Waals surface area contributed by atoms with E-state index < -0.39 is 5.60 Å². The summed E-state index contributed by atoms with van der Waals surface area (Å²) in [5, 5.41) is 9.09. The van der Waals surface area contributed by atoms with Crippen molar-refractivity contribution in [3.8, 4) is 0 Å². The average molecular weight is 176 g/mol. The first-order valence-corrected chi connectivity index (χ1v) is 4.28. The summed E-state index contributed by atoms with van der Waals surface area (Å²) in [5.74, 6) is 0. The van der Waals surface area contributed by atoms with E-state index in [1.54, 1.807) is 6.08 Å². The van der Waals surface area contributed by atoms with Gasteiger partial charge in [0, 0.05) is 0 Å². The lowest BCUT2D eigenvalue weighted by molar-refractivity contribution is 0.173. The van der Waals surface area contributed by atoms with Crippen LogP contribution in [0.5, 0.6) is 0 Å². The summed E-state index contributed by atoms with van der Waals surface area (Å²) in [4.78, 5) is 0. The Morgan fingerprint density at radius 2 is 2.08 bits per heavy atom. The Kier molecular flexibility index (Phi) is 1.94. The molecular formula is C11H12O2. The maximum atomic E-state index is 9.09. The number of epoxide rings is 1. The van der Waals surface area contributed by atoms with Crippen molar-refractivity contribution < 1.29 is 9.84 Å². The van der Waals surface area contributed by atoms with Gasteiger partial charge in [-0.15, -0.1) is 0 Å². The van der Waals surface area contributed by atoms with Crippen LogP contribution < -0.4 is 0 Å². The highest BCUT2D eigenvalue weighted by Gasteiger charge is 2.45. The molecule has 0 unspecified atom stereocenters. The van der Waals surface area contributed by atoms with E-state index in [4.69, 9.17) is 9.84 Å². The number of benzene rings is 1. The van der Waals surface area contributed by atoms with Crippen LogP contribution in [-0.2, 0) is 10.3 Å². The third kappa shape index (κ3) is 1.39. The fourth-order valence-corrected chi connectivity index (χ4v) is 1.36. The Morgan fingerprint density at radius 3 is 2.46 bits per heavy atom. The molecule has 0 bridgehead atoms. The third-order valence-corrected chi connectivity index (χ3v) is 2.42. The second-order valence-electron chi connectivity index (χ2n) is 3.27. The molecule has 1 N–H and O–H groups in total. The number of aliphatic hydroxyl groups is 1. The van der Waals surface area contributed by atoms with Gasteiger partial charge >= 0.3 is 0 Å². The molecule has 0 radical (unpaired) electrons. The van der Waals surface area contributed by atoms with E-state index in [0.717, 1.165) is 11.1 Å². The van der Waals surface area contributed by atoms with E-state index in [1.165, 1.54) is 0 Å². The molecule has 2 heteroatoms. The standard InChI is InChI=1S/C11H12O2/c1-2-9-3-5-10(6-4-9)11(7-12)8-13-11/h2-6,12H,1,7-8H2/t11-/m1/s1. The van der Waals surface area contributed by atoms with Gasteiger partial charge in [0.15, 0.2) is 0 Å². The van der Waals surface area contributed by atoms with Crippen molar-refractivity contribution in [2.45, 2.75) is 5.60 Å². The molecule has 68 valence electrons. The van der Waals surface area contributed by atoms with Crippen molar-refractivity contribution >= 4 is 6.08 Å². The number of rotatable bonds is 3. The van der Waals surface area contributed by atoms with Crippen LogP contribution in [0.3, 0.4) is 0 Å². The zero-order valence-corrected chi connectivity index (χ0v) is 7.36. The minimum atomic E-state index is -0.403. The number of aliphatic hydroxyl groups excluding tert-OH is 1. The summed E-state index contributed by atoms with van der Waals surface area (Å²) in [6, 6.07) is 7.89. The maximum Gasteiger partial charge on any atom is 0.139 e. The van der Waals surface area contributed by atoms with E-state index in [0.29, 0.717) is 6.61 Å². The molecule has 0 amide bonds. The molecule has 0 spiro atoms. The number of hydrogen-bond donors (Lipinski definition) is 1. The second kappa shape index (κ2) is 2.98. The van der Waals surface area contributed by atoms with Crippen LogP contribution in [0.15, 0.2) is 30.8 Å². The molecule has 1 aliphatic heterocycles. The van der Waals surface area contributed by atoms with Crippen molar-refractivity contribution in [2.24, 2.45) is 0 Å². The molecular weight excluding hydrogens is 164 g/mol. The molecule has 0 saturated carbocycles. The van der Waals surface area contributed by atoms with Gasteiger partial charge in [-0.1, -0.05) is 36.9 Å². The van der Waals surface area contributed by atoms with Crippen LogP contribution in [0.1, 0.15) is 11.1 Å². The molecule has 1 aromatic carbocycles. The number of hydrogen-bond acceptors (Lipinski definition) is 2. The van der Waals surface area contributed by atoms with Gasteiger partial charge in [-0.2, -0.15) is 0 Å². The lowest BCUT2D eigenvalue weighted by Crippen LogP contribution is -2.13. The Bertz CT molecular complexity index is 309. The van der Waals surface area contributed by atoms with Crippen molar-refractivity contribution in [1.29, 1.82) is 0 Å². The highest BCUT2D eigenvalue weighted by Crippen LogP contribution is 2.37. The van der Waals surface area contributed by atoms with E-state index in [-0.39, 0.29) is 6.61 Å². The lowest BCUT2D eigenvalue weighted by atomic mass is 10.00. The Hall–Kier alpha value is -1.12. The second-order valence-corrected chi connectivity index (χ2v) is 3.27. The van der Waals surface area contributed by atoms with Gasteiger partial charge in [-0.25, -0.2) is 0 Å². The van der Waals surface area contributed by atoms with E-state index in [2.05, 4.69) is 6.58 Å². The Labute approximate surface area is 77.5 Å². The van der Waals surface area contributed by atoms with Gasteiger partial charge in [0.1, 0.15) is 5.60 Å². The summed E-state index contributed by atoms with van der Waals surface area (Å²) in [7, 11) is 0. The minimum absolute atomic E-state index is 0.0560. The van der Waals surface area contributed by atoms with Gasteiger partial charge in [0.25, 0.3) is 0 Å². The molecule has 1 heterocycles. The van der Waals surface area contributed by atoms with E-state index in [1.807, 2.05) is 24.3 Å². The molecule has 1 saturated heterocycles. The van der Waals surface area contributed by atoms with E-state index in [9.17, 15) is 0 Å². The predicted molar refractivity (Wildman–Crippen MR) is 51.2 cm³/mol. The first kappa shape index (κ1) is 8.48. The van der Waals surface area contributed by atoms with Gasteiger partial charge < -0.3 is 9.84 Å². The molecule has 2 rings (SSSR count). The topological polar surface area (TPSA) is 32.8 Å². The van der Waals surface area contributed by atoms with Crippen LogP contribution in [0.4, 0.5) is 0 Å². The zero-order valence-electron chi connectivity index (χ0n) is 7.36. The van der Waals surface area contributed by atoms with Crippen LogP contribution in [0, 0.1) is 0 Å². The SMILES string of the molecule is C=Cc1ccc([C@@]2(CO)CO2)cc1. The molecule has 13 heavy (non-hydrogen) atoms. The molecule has 2 nitrogen and oxygen atoms in total. The molecule has 1 fully saturated rings. The fraction of sp³-hybridized carbons (Fsp3) is 0.273. The van der Waals surface area contributed by atoms with Crippen molar-refractivity contribution in [3.05, 3.63) is 42.0 Å². The predicted octanol–water partition coefficient (Wildman–Crippen LogP) is 1.55. The van der Waals surface area contributed by atoms with Crippen molar-refractivity contribution in [1.82, 2.24) is 0 Å². The molecule has 0 aromatic heterocycles. The molecule has 1 aromatic rings. The summed E-state index contributed by atoms with van der Waals surface area (Å²) in [6.07, 6.45) is 1.79. The normalized spacial score (nSPS) is 25.6. The van der Waals surface area contributed by atoms with Gasteiger partial charge in [-0.3, -0.25) is 0 Å². The highest BCUT2D eigenvalue weighted by molar-refractivity contribution is 5.48. The van der Waals surface area contributed by atoms with Crippen molar-refractivity contribution in [3.63, 3.8) is 0 Å². The van der Waals surface area contributed by atoms with Crippen LogP contribution in [0.2, 0.25) is 0 Å². The molecule has 1 atom stereocenters. The van der Waals surface area contributed by atoms with Gasteiger partial charge in [0.05, 0.1) is 13.2 Å². The van der Waals surface area contributed by atoms with Crippen LogP contribution >= 0.6 is 0 Å². The Balaban J connectivity index is 2.27. The highest BCUT2D eigenvalue weighted by atomic mass is 16.6. The maximum absolute atomic E-state index is 9.09. The number of ether oxygens (including phenoxy) is 1. The zero-order chi connectivity index (χ0) is 9.31. The summed E-state index contributed by atoms with van der Waals surface area (Å²) < 4.78 is 5.23. The summed E-state index contributed by atoms with van der Waals surface area (Å²) in [5.41, 5.74) is 1.72. The van der Waals surface area contributed by atoms with Crippen LogP contribution in [0.25, 0.3) is 6.08 Å². The summed E-state index contributed by atoms with van der Waals surface area (Å²) >= 11 is 0. The third-order valence-electron chi connectivity index (χ3n) is 2.42. The fourth-order valence-electron chi connectivity index (χ4n) is 1.36. The largest absolute Gasteiger partial charge is 0.393 e. The monoisotopic (exact) mass is 176 g/mol. The minimum Gasteiger partial charge on any atom is -0.393 e. The van der Waals surface area contributed by atoms with E-state index >= 15 is 0 Å². The summed E-state index contributed by atoms with van der Waals surface area (Å²) in [6.45, 7) is 4.36. The first-order valence-electron chi connectivity index (χ1n) is 4.28. The average Bonchev–Trinajstić information content (AvgIpc) is 2.99. The van der Waals surface area contributed by atoms with Gasteiger partial charge in [0.2, 0.25) is 0 Å². The lowest BCUT2D eigenvalue weighted by Gasteiger charge is -2.08. The van der Waals surface area contributed by atoms with Gasteiger partial charge in [-0.05, 0) is 11.1 Å². The quantitative estimate of drug-likeness (QED) is 0.709. The van der Waals surface area contributed by atoms with Crippen LogP contribution in [-0.4, -0.2) is 18.3 Å². The molecule has 0 aliphatic carbocycles. The smallest absolute Gasteiger partial charge is 0.139 e. The van der Waals surface area contributed by atoms with Crippen molar-refractivity contribution in [2.75, 3.05) is 13.2 Å². The first-order chi connectivity index (χ1) is 6.30.